The molecule has 0 radical (unpaired) electrons. The summed E-state index contributed by atoms with van der Waals surface area (Å²) in [5, 5.41) is 4.91. The van der Waals surface area contributed by atoms with Crippen molar-refractivity contribution in [1.82, 2.24) is 9.97 Å². The van der Waals surface area contributed by atoms with Crippen LogP contribution < -0.4 is 11.0 Å². The van der Waals surface area contributed by atoms with Crippen LogP contribution in [0, 0.1) is 0 Å². The van der Waals surface area contributed by atoms with Crippen molar-refractivity contribution in [2.24, 2.45) is 5.10 Å². The third kappa shape index (κ3) is 4.43. The fraction of sp³-hybridized carbons (Fsp3) is 0.267. The summed E-state index contributed by atoms with van der Waals surface area (Å²) in [7, 11) is 0. The van der Waals surface area contributed by atoms with Gasteiger partial charge >= 0.3 is 0 Å². The predicted octanol–water partition coefficient (Wildman–Crippen LogP) is 3.21. The Balaban J connectivity index is 2.16. The van der Waals surface area contributed by atoms with Gasteiger partial charge in [0.25, 0.3) is 5.56 Å². The molecule has 110 valence electrons. The number of nitrogens with zero attached hydrogens (tertiary/aromatic N) is 2. The number of hydrazone groups is 1. The molecule has 1 heterocycles. The standard InChI is InChI=1S/C15H17ClN4O/c1-3-4-13-9-14(21)18-15(17-13)20-19-10(2)11-5-7-12(16)8-6-11/h5-9H,3-4H2,1-2H3,(H2,17,18,20,21). The molecule has 0 amide bonds. The van der Waals surface area contributed by atoms with E-state index in [4.69, 9.17) is 11.6 Å². The van der Waals surface area contributed by atoms with Gasteiger partial charge in [-0.25, -0.2) is 10.4 Å². The molecule has 0 spiro atoms. The maximum Gasteiger partial charge on any atom is 0.252 e. The van der Waals surface area contributed by atoms with Crippen molar-refractivity contribution in [2.45, 2.75) is 26.7 Å². The van der Waals surface area contributed by atoms with Crippen molar-refractivity contribution in [3.8, 4) is 0 Å². The molecular weight excluding hydrogens is 288 g/mol. The van der Waals surface area contributed by atoms with Gasteiger partial charge in [-0.05, 0) is 31.0 Å². The Morgan fingerprint density at radius 2 is 2.10 bits per heavy atom. The number of aromatic nitrogens is 2. The molecule has 1 aromatic carbocycles. The Morgan fingerprint density at radius 1 is 1.38 bits per heavy atom. The average molecular weight is 305 g/mol. The number of halogens is 1. The van der Waals surface area contributed by atoms with E-state index in [1.54, 1.807) is 12.1 Å². The molecule has 0 unspecified atom stereocenters. The molecule has 5 nitrogen and oxygen atoms in total. The van der Waals surface area contributed by atoms with Crippen molar-refractivity contribution in [3.05, 3.63) is 57.0 Å². The van der Waals surface area contributed by atoms with Gasteiger partial charge in [0.15, 0.2) is 0 Å². The van der Waals surface area contributed by atoms with E-state index in [1.807, 2.05) is 26.0 Å². The fourth-order valence-electron chi connectivity index (χ4n) is 1.84. The van der Waals surface area contributed by atoms with Crippen LogP contribution in [0.2, 0.25) is 5.02 Å². The molecule has 0 saturated heterocycles. The SMILES string of the molecule is CCCc1cc(=O)[nH]c(NN=C(C)c2ccc(Cl)cc2)n1. The lowest BCUT2D eigenvalue weighted by molar-refractivity contribution is 0.867. The molecule has 0 fully saturated rings. The minimum atomic E-state index is -0.185. The first-order chi connectivity index (χ1) is 10.1. The maximum atomic E-state index is 11.5. The highest BCUT2D eigenvalue weighted by Gasteiger charge is 2.01. The summed E-state index contributed by atoms with van der Waals surface area (Å²) in [5.74, 6) is 0.347. The van der Waals surface area contributed by atoms with Gasteiger partial charge in [0.1, 0.15) is 0 Å². The Morgan fingerprint density at radius 3 is 2.76 bits per heavy atom. The van der Waals surface area contributed by atoms with Crippen molar-refractivity contribution in [3.63, 3.8) is 0 Å². The molecule has 2 aromatic rings. The maximum absolute atomic E-state index is 11.5. The summed E-state index contributed by atoms with van der Waals surface area (Å²) in [4.78, 5) is 18.5. The minimum Gasteiger partial charge on any atom is -0.291 e. The number of anilines is 1. The third-order valence-corrected chi connectivity index (χ3v) is 3.14. The smallest absolute Gasteiger partial charge is 0.252 e. The summed E-state index contributed by atoms with van der Waals surface area (Å²) >= 11 is 5.85. The minimum absolute atomic E-state index is 0.185. The molecule has 6 heteroatoms. The Bertz CT molecular complexity index is 692. The van der Waals surface area contributed by atoms with Gasteiger partial charge in [0, 0.05) is 16.8 Å². The van der Waals surface area contributed by atoms with E-state index in [9.17, 15) is 4.79 Å². The van der Waals surface area contributed by atoms with Crippen LogP contribution in [0.25, 0.3) is 0 Å². The normalized spacial score (nSPS) is 11.5. The topological polar surface area (TPSA) is 70.1 Å². The first-order valence-electron chi connectivity index (χ1n) is 6.75. The monoisotopic (exact) mass is 304 g/mol. The van der Waals surface area contributed by atoms with Crippen LogP contribution in [-0.2, 0) is 6.42 Å². The lowest BCUT2D eigenvalue weighted by atomic mass is 10.1. The first-order valence-corrected chi connectivity index (χ1v) is 7.12. The second-order valence-electron chi connectivity index (χ2n) is 4.65. The molecule has 0 aliphatic rings. The highest BCUT2D eigenvalue weighted by atomic mass is 35.5. The number of H-pyrrole nitrogens is 1. The second-order valence-corrected chi connectivity index (χ2v) is 5.09. The summed E-state index contributed by atoms with van der Waals surface area (Å²) in [6, 6.07) is 8.87. The third-order valence-electron chi connectivity index (χ3n) is 2.89. The van der Waals surface area contributed by atoms with Crippen molar-refractivity contribution in [2.75, 3.05) is 5.43 Å². The van der Waals surface area contributed by atoms with E-state index in [2.05, 4.69) is 20.5 Å². The van der Waals surface area contributed by atoms with Crippen molar-refractivity contribution < 1.29 is 0 Å². The van der Waals surface area contributed by atoms with Crippen LogP contribution in [0.5, 0.6) is 0 Å². The molecule has 0 atom stereocenters. The van der Waals surface area contributed by atoms with Gasteiger partial charge in [-0.1, -0.05) is 37.1 Å². The Kier molecular flexibility index (Phi) is 5.11. The van der Waals surface area contributed by atoms with Gasteiger partial charge in [-0.3, -0.25) is 9.78 Å². The summed E-state index contributed by atoms with van der Waals surface area (Å²) in [6.45, 7) is 3.91. The van der Waals surface area contributed by atoms with Crippen LogP contribution in [0.15, 0.2) is 40.2 Å². The highest BCUT2D eigenvalue weighted by molar-refractivity contribution is 6.30. The van der Waals surface area contributed by atoms with Crippen LogP contribution in [-0.4, -0.2) is 15.7 Å². The molecule has 2 N–H and O–H groups in total. The van der Waals surface area contributed by atoms with Crippen LogP contribution >= 0.6 is 11.6 Å². The van der Waals surface area contributed by atoms with E-state index in [0.717, 1.165) is 29.8 Å². The van der Waals surface area contributed by atoms with E-state index in [-0.39, 0.29) is 5.56 Å². The lowest BCUT2D eigenvalue weighted by Crippen LogP contribution is -2.12. The number of nitrogens with one attached hydrogen (secondary N) is 2. The molecule has 0 aliphatic carbocycles. The van der Waals surface area contributed by atoms with Crippen molar-refractivity contribution in [1.29, 1.82) is 0 Å². The van der Waals surface area contributed by atoms with Gasteiger partial charge in [-0.2, -0.15) is 5.10 Å². The van der Waals surface area contributed by atoms with Crippen LogP contribution in [0.1, 0.15) is 31.5 Å². The number of aromatic amines is 1. The lowest BCUT2D eigenvalue weighted by Gasteiger charge is -2.04. The predicted molar refractivity (Wildman–Crippen MR) is 86.1 cm³/mol. The first kappa shape index (κ1) is 15.3. The van der Waals surface area contributed by atoms with E-state index in [0.29, 0.717) is 11.0 Å². The van der Waals surface area contributed by atoms with E-state index < -0.39 is 0 Å². The summed E-state index contributed by atoms with van der Waals surface area (Å²) in [5.41, 5.74) is 5.07. The number of aryl methyl sites for hydroxylation is 1. The van der Waals surface area contributed by atoms with Gasteiger partial charge in [0.05, 0.1) is 5.71 Å². The molecule has 0 bridgehead atoms. The van der Waals surface area contributed by atoms with Gasteiger partial charge in [0.2, 0.25) is 5.95 Å². The zero-order valence-electron chi connectivity index (χ0n) is 12.0. The molecule has 0 saturated carbocycles. The number of hydrogen-bond acceptors (Lipinski definition) is 4. The zero-order chi connectivity index (χ0) is 15.2. The summed E-state index contributed by atoms with van der Waals surface area (Å²) < 4.78 is 0. The Hall–Kier alpha value is -2.14. The van der Waals surface area contributed by atoms with Crippen LogP contribution in [0.4, 0.5) is 5.95 Å². The van der Waals surface area contributed by atoms with E-state index in [1.165, 1.54) is 6.07 Å². The largest absolute Gasteiger partial charge is 0.291 e. The molecular formula is C15H17ClN4O. The number of rotatable bonds is 5. The highest BCUT2D eigenvalue weighted by Crippen LogP contribution is 2.10. The van der Waals surface area contributed by atoms with Crippen molar-refractivity contribution >= 4 is 23.3 Å². The Labute approximate surface area is 128 Å². The zero-order valence-corrected chi connectivity index (χ0v) is 12.7. The molecule has 0 aliphatic heterocycles. The number of benzene rings is 1. The van der Waals surface area contributed by atoms with Crippen LogP contribution in [0.3, 0.4) is 0 Å². The van der Waals surface area contributed by atoms with E-state index >= 15 is 0 Å². The number of hydrogen-bond donors (Lipinski definition) is 2. The second kappa shape index (κ2) is 7.04. The van der Waals surface area contributed by atoms with Gasteiger partial charge in [-0.15, -0.1) is 0 Å². The average Bonchev–Trinajstić information content (AvgIpc) is 2.45. The summed E-state index contributed by atoms with van der Waals surface area (Å²) in [6.07, 6.45) is 1.70. The molecule has 2 rings (SSSR count). The quantitative estimate of drug-likeness (QED) is 0.658. The van der Waals surface area contributed by atoms with Gasteiger partial charge < -0.3 is 0 Å². The fourth-order valence-corrected chi connectivity index (χ4v) is 1.96. The molecule has 1 aromatic heterocycles. The molecule has 21 heavy (non-hydrogen) atoms.